The van der Waals surface area contributed by atoms with Gasteiger partial charge in [0.15, 0.2) is 0 Å². The van der Waals surface area contributed by atoms with Gasteiger partial charge in [0.05, 0.1) is 11.1 Å². The maximum Gasteiger partial charge on any atom is 0.244 e. The van der Waals surface area contributed by atoms with Gasteiger partial charge in [0.2, 0.25) is 10.0 Å². The van der Waals surface area contributed by atoms with Gasteiger partial charge in [0, 0.05) is 18.7 Å². The smallest absolute Gasteiger partial charge is 0.244 e. The van der Waals surface area contributed by atoms with E-state index in [1.165, 1.54) is 16.4 Å². The minimum atomic E-state index is -3.78. The molecule has 0 amide bonds. The van der Waals surface area contributed by atoms with Gasteiger partial charge in [-0.15, -0.1) is 0 Å². The molecule has 1 aliphatic heterocycles. The van der Waals surface area contributed by atoms with Crippen molar-refractivity contribution < 1.29 is 13.5 Å². The summed E-state index contributed by atoms with van der Waals surface area (Å²) in [7, 11) is -3.78. The first-order valence-corrected chi connectivity index (χ1v) is 8.73. The van der Waals surface area contributed by atoms with Crippen molar-refractivity contribution in [1.82, 2.24) is 4.31 Å². The molecule has 0 radical (unpaired) electrons. The van der Waals surface area contributed by atoms with Gasteiger partial charge in [0.1, 0.15) is 9.88 Å². The average Bonchev–Trinajstić information content (AvgIpc) is 2.41. The molecular formula is C13H17ClN2O3S2. The van der Waals surface area contributed by atoms with E-state index in [4.69, 9.17) is 29.6 Å². The molecule has 2 rings (SSSR count). The predicted molar refractivity (Wildman–Crippen MR) is 85.9 cm³/mol. The number of piperidine rings is 1. The number of β-amino-alcohol motifs (C(OH)–C–C–N with tert-alkyl or cyclic N) is 1. The van der Waals surface area contributed by atoms with Gasteiger partial charge in [-0.2, -0.15) is 4.31 Å². The summed E-state index contributed by atoms with van der Waals surface area (Å²) < 4.78 is 26.6. The molecule has 5 nitrogen and oxygen atoms in total. The Morgan fingerprint density at radius 3 is 2.76 bits per heavy atom. The zero-order valence-corrected chi connectivity index (χ0v) is 13.9. The second-order valence-corrected chi connectivity index (χ2v) is 7.96. The van der Waals surface area contributed by atoms with Crippen molar-refractivity contribution in [3.63, 3.8) is 0 Å². The van der Waals surface area contributed by atoms with Crippen LogP contribution in [-0.4, -0.2) is 42.0 Å². The zero-order valence-electron chi connectivity index (χ0n) is 11.5. The predicted octanol–water partition coefficient (Wildman–Crippen LogP) is 1.37. The van der Waals surface area contributed by atoms with Crippen molar-refractivity contribution in [2.24, 2.45) is 11.7 Å². The molecule has 116 valence electrons. The Bertz CT molecular complexity index is 663. The summed E-state index contributed by atoms with van der Waals surface area (Å²) in [6.07, 6.45) is -0.0708. The number of hydrogen-bond acceptors (Lipinski definition) is 4. The van der Waals surface area contributed by atoms with E-state index >= 15 is 0 Å². The largest absolute Gasteiger partial charge is 0.391 e. The summed E-state index contributed by atoms with van der Waals surface area (Å²) in [6, 6.07) is 4.42. The Morgan fingerprint density at radius 2 is 2.19 bits per heavy atom. The Labute approximate surface area is 134 Å². The number of nitrogens with two attached hydrogens (primary N) is 1. The minimum absolute atomic E-state index is 0.0313. The first-order valence-electron chi connectivity index (χ1n) is 6.51. The molecular weight excluding hydrogens is 332 g/mol. The highest BCUT2D eigenvalue weighted by atomic mass is 35.5. The van der Waals surface area contributed by atoms with E-state index in [0.29, 0.717) is 18.5 Å². The van der Waals surface area contributed by atoms with E-state index in [-0.39, 0.29) is 27.4 Å². The normalized spacial score (nSPS) is 24.0. The van der Waals surface area contributed by atoms with E-state index in [2.05, 4.69) is 0 Å². The molecule has 0 saturated carbocycles. The quantitative estimate of drug-likeness (QED) is 0.806. The number of benzene rings is 1. The molecule has 1 fully saturated rings. The van der Waals surface area contributed by atoms with Crippen LogP contribution in [0.4, 0.5) is 0 Å². The lowest BCUT2D eigenvalue weighted by molar-refractivity contribution is 0.0605. The molecule has 1 aliphatic rings. The lowest BCUT2D eigenvalue weighted by Crippen LogP contribution is -2.45. The molecule has 1 saturated heterocycles. The molecule has 1 aromatic carbocycles. The summed E-state index contributed by atoms with van der Waals surface area (Å²) in [5.74, 6) is 0.0786. The van der Waals surface area contributed by atoms with Crippen molar-refractivity contribution in [3.05, 3.63) is 28.8 Å². The fourth-order valence-corrected chi connectivity index (χ4v) is 4.33. The van der Waals surface area contributed by atoms with Crippen LogP contribution >= 0.6 is 23.8 Å². The third kappa shape index (κ3) is 3.37. The molecule has 0 bridgehead atoms. The number of aliphatic hydroxyl groups excluding tert-OH is 1. The third-order valence-electron chi connectivity index (χ3n) is 3.71. The van der Waals surface area contributed by atoms with Crippen molar-refractivity contribution >= 4 is 38.8 Å². The van der Waals surface area contributed by atoms with Crippen LogP contribution in [0.2, 0.25) is 5.02 Å². The Balaban J connectivity index is 2.40. The van der Waals surface area contributed by atoms with Crippen LogP contribution in [0.15, 0.2) is 23.1 Å². The van der Waals surface area contributed by atoms with Gasteiger partial charge in [0.25, 0.3) is 0 Å². The maximum absolute atomic E-state index is 12.7. The van der Waals surface area contributed by atoms with Crippen LogP contribution < -0.4 is 5.73 Å². The number of thiocarbonyl (C=S) groups is 1. The van der Waals surface area contributed by atoms with E-state index in [1.54, 1.807) is 6.07 Å². The Morgan fingerprint density at radius 1 is 1.52 bits per heavy atom. The van der Waals surface area contributed by atoms with Gasteiger partial charge < -0.3 is 10.8 Å². The molecule has 0 aromatic heterocycles. The number of aliphatic hydroxyl groups is 1. The molecule has 0 spiro atoms. The van der Waals surface area contributed by atoms with Crippen LogP contribution in [0.1, 0.15) is 18.9 Å². The van der Waals surface area contributed by atoms with E-state index in [9.17, 15) is 13.5 Å². The highest BCUT2D eigenvalue weighted by Gasteiger charge is 2.34. The lowest BCUT2D eigenvalue weighted by Gasteiger charge is -2.33. The molecule has 0 aliphatic carbocycles. The van der Waals surface area contributed by atoms with Crippen molar-refractivity contribution in [3.8, 4) is 0 Å². The van der Waals surface area contributed by atoms with Crippen LogP contribution in [0.25, 0.3) is 0 Å². The topological polar surface area (TPSA) is 83.6 Å². The first-order chi connectivity index (χ1) is 9.73. The van der Waals surface area contributed by atoms with Gasteiger partial charge in [-0.05, 0) is 24.5 Å². The highest BCUT2D eigenvalue weighted by Crippen LogP contribution is 2.29. The van der Waals surface area contributed by atoms with Crippen LogP contribution in [0, 0.1) is 5.92 Å². The number of nitrogens with zero attached hydrogens (tertiary/aromatic N) is 1. The van der Waals surface area contributed by atoms with Gasteiger partial charge in [-0.25, -0.2) is 8.42 Å². The minimum Gasteiger partial charge on any atom is -0.391 e. The number of sulfonamides is 1. The van der Waals surface area contributed by atoms with Crippen LogP contribution in [0.3, 0.4) is 0 Å². The molecule has 8 heteroatoms. The van der Waals surface area contributed by atoms with Crippen LogP contribution in [0.5, 0.6) is 0 Å². The molecule has 1 heterocycles. The summed E-state index contributed by atoms with van der Waals surface area (Å²) in [4.78, 5) is 0.0756. The SMILES string of the molecule is CC1CCN(S(=O)(=O)c2cc(C(N)=S)ccc2Cl)CC1O. The van der Waals surface area contributed by atoms with Gasteiger partial charge in [-0.1, -0.05) is 36.8 Å². The second kappa shape index (κ2) is 6.18. The maximum atomic E-state index is 12.7. The molecule has 3 N–H and O–H groups in total. The first kappa shape index (κ1) is 16.6. The Hall–Kier alpha value is -0.730. The molecule has 2 unspecified atom stereocenters. The Kier molecular flexibility index (Phi) is 4.89. The number of hydrogen-bond donors (Lipinski definition) is 2. The van der Waals surface area contributed by atoms with Crippen molar-refractivity contribution in [1.29, 1.82) is 0 Å². The average molecular weight is 349 g/mol. The van der Waals surface area contributed by atoms with Gasteiger partial charge in [-0.3, -0.25) is 0 Å². The third-order valence-corrected chi connectivity index (χ3v) is 6.30. The lowest BCUT2D eigenvalue weighted by atomic mass is 9.98. The van der Waals surface area contributed by atoms with Gasteiger partial charge >= 0.3 is 0 Å². The fraction of sp³-hybridized carbons (Fsp3) is 0.462. The summed E-state index contributed by atoms with van der Waals surface area (Å²) >= 11 is 10.9. The number of halogens is 1. The fourth-order valence-electron chi connectivity index (χ4n) is 2.23. The highest BCUT2D eigenvalue weighted by molar-refractivity contribution is 7.89. The van der Waals surface area contributed by atoms with E-state index in [0.717, 1.165) is 0 Å². The summed E-state index contributed by atoms with van der Waals surface area (Å²) in [6.45, 7) is 2.32. The van der Waals surface area contributed by atoms with Crippen LogP contribution in [-0.2, 0) is 10.0 Å². The summed E-state index contributed by atoms with van der Waals surface area (Å²) in [5, 5.41) is 10.0. The van der Waals surface area contributed by atoms with Crippen molar-refractivity contribution in [2.45, 2.75) is 24.3 Å². The monoisotopic (exact) mass is 348 g/mol. The summed E-state index contributed by atoms with van der Waals surface area (Å²) in [5.41, 5.74) is 5.98. The number of rotatable bonds is 3. The molecule has 21 heavy (non-hydrogen) atoms. The van der Waals surface area contributed by atoms with E-state index in [1.807, 2.05) is 6.92 Å². The molecule has 1 aromatic rings. The zero-order chi connectivity index (χ0) is 15.8. The second-order valence-electron chi connectivity index (χ2n) is 5.21. The van der Waals surface area contributed by atoms with Crippen molar-refractivity contribution in [2.75, 3.05) is 13.1 Å². The molecule has 2 atom stereocenters. The standard InChI is InChI=1S/C13H17ClN2O3S2/c1-8-4-5-16(7-11(8)17)21(18,19)12-6-9(13(15)20)2-3-10(12)14/h2-3,6,8,11,17H,4-5,7H2,1H3,(H2,15,20). The van der Waals surface area contributed by atoms with E-state index < -0.39 is 16.1 Å².